The average Bonchev–Trinajstić information content (AvgIpc) is 2.73. The summed E-state index contributed by atoms with van der Waals surface area (Å²) in [7, 11) is -4.10. The summed E-state index contributed by atoms with van der Waals surface area (Å²) in [6.45, 7) is 0.676. The molecule has 2 aromatic heterocycles. The first kappa shape index (κ1) is 21.5. The van der Waals surface area contributed by atoms with Crippen LogP contribution in [0.1, 0.15) is 22.7 Å². The van der Waals surface area contributed by atoms with Crippen molar-refractivity contribution in [1.29, 1.82) is 0 Å². The molecule has 0 radical (unpaired) electrons. The molecule has 1 saturated heterocycles. The summed E-state index contributed by atoms with van der Waals surface area (Å²) in [5.41, 5.74) is 0.108. The molecule has 2 N–H and O–H groups in total. The first-order valence-corrected chi connectivity index (χ1v) is 11.4. The fraction of sp³-hybridized carbons (Fsp3) is 0.273. The summed E-state index contributed by atoms with van der Waals surface area (Å²) in [6.07, 6.45) is 6.34. The van der Waals surface area contributed by atoms with Gasteiger partial charge in [-0.3, -0.25) is 19.4 Å². The van der Waals surface area contributed by atoms with Crippen LogP contribution in [0, 0.1) is 11.7 Å². The van der Waals surface area contributed by atoms with Gasteiger partial charge in [-0.2, -0.15) is 8.42 Å². The molecule has 4 rings (SSSR count). The molecule has 1 fully saturated rings. The number of benzene rings is 1. The van der Waals surface area contributed by atoms with Gasteiger partial charge in [0.2, 0.25) is 0 Å². The lowest BCUT2D eigenvalue weighted by Crippen LogP contribution is -2.56. The highest BCUT2D eigenvalue weighted by Gasteiger charge is 2.48. The second-order valence-electron chi connectivity index (χ2n) is 7.77. The van der Waals surface area contributed by atoms with Gasteiger partial charge in [0, 0.05) is 54.9 Å². The van der Waals surface area contributed by atoms with Gasteiger partial charge in [-0.25, -0.2) is 4.39 Å². The van der Waals surface area contributed by atoms with E-state index < -0.39 is 27.6 Å². The van der Waals surface area contributed by atoms with Crippen molar-refractivity contribution in [3.63, 3.8) is 0 Å². The third kappa shape index (κ3) is 4.49. The van der Waals surface area contributed by atoms with Gasteiger partial charge < -0.3 is 5.11 Å². The molecule has 0 aliphatic carbocycles. The SMILES string of the molecule is O=S(=O)(O)CC1CN(C(c2ccc(F)cc2)C(O)(c2cccnc2)c2cccnc2)C1. The Bertz CT molecular complexity index is 1080. The maximum atomic E-state index is 13.6. The number of likely N-dealkylation sites (tertiary alicyclic amines) is 1. The quantitative estimate of drug-likeness (QED) is 0.541. The summed E-state index contributed by atoms with van der Waals surface area (Å²) in [6, 6.07) is 12.1. The van der Waals surface area contributed by atoms with Crippen molar-refractivity contribution in [2.75, 3.05) is 18.8 Å². The lowest BCUT2D eigenvalue weighted by atomic mass is 9.76. The van der Waals surface area contributed by atoms with E-state index in [2.05, 4.69) is 9.97 Å². The first-order chi connectivity index (χ1) is 14.8. The highest BCUT2D eigenvalue weighted by atomic mass is 32.2. The van der Waals surface area contributed by atoms with Crippen LogP contribution < -0.4 is 0 Å². The van der Waals surface area contributed by atoms with Gasteiger partial charge in [-0.1, -0.05) is 24.3 Å². The van der Waals surface area contributed by atoms with Gasteiger partial charge in [0.05, 0.1) is 11.8 Å². The molecule has 31 heavy (non-hydrogen) atoms. The normalized spacial score (nSPS) is 16.6. The van der Waals surface area contributed by atoms with Crippen LogP contribution >= 0.6 is 0 Å². The van der Waals surface area contributed by atoms with E-state index in [1.807, 2.05) is 4.90 Å². The Hall–Kier alpha value is -2.72. The van der Waals surface area contributed by atoms with Crippen molar-refractivity contribution in [2.45, 2.75) is 11.6 Å². The van der Waals surface area contributed by atoms with Gasteiger partial charge in [0.25, 0.3) is 10.1 Å². The van der Waals surface area contributed by atoms with Crippen molar-refractivity contribution >= 4 is 10.1 Å². The smallest absolute Gasteiger partial charge is 0.265 e. The minimum absolute atomic E-state index is 0.273. The molecule has 7 nitrogen and oxygen atoms in total. The standard InChI is InChI=1S/C22H22FN3O4S/c23-20-7-5-17(6-8-20)21(26-13-16(14-26)15-31(28,29)30)22(27,18-3-1-9-24-11-18)19-4-2-10-25-12-19/h1-12,16,21,27H,13-15H2,(H,28,29,30). The number of nitrogens with zero attached hydrogens (tertiary/aromatic N) is 3. The maximum Gasteiger partial charge on any atom is 0.265 e. The van der Waals surface area contributed by atoms with Gasteiger partial charge in [-0.05, 0) is 29.8 Å². The minimum Gasteiger partial charge on any atom is -0.378 e. The molecular formula is C22H22FN3O4S. The van der Waals surface area contributed by atoms with E-state index in [0.29, 0.717) is 29.8 Å². The molecule has 0 bridgehead atoms. The summed E-state index contributed by atoms with van der Waals surface area (Å²) in [4.78, 5) is 10.2. The van der Waals surface area contributed by atoms with Crippen LogP contribution in [0.2, 0.25) is 0 Å². The van der Waals surface area contributed by atoms with Gasteiger partial charge in [0.1, 0.15) is 11.4 Å². The Morgan fingerprint density at radius 2 is 1.58 bits per heavy atom. The van der Waals surface area contributed by atoms with Crippen molar-refractivity contribution in [1.82, 2.24) is 14.9 Å². The Kier molecular flexibility index (Phi) is 5.85. The molecule has 3 heterocycles. The van der Waals surface area contributed by atoms with Crippen LogP contribution in [0.5, 0.6) is 0 Å². The molecule has 9 heteroatoms. The number of pyridine rings is 2. The van der Waals surface area contributed by atoms with Crippen molar-refractivity contribution < 1.29 is 22.5 Å². The Morgan fingerprint density at radius 3 is 2.03 bits per heavy atom. The number of rotatable bonds is 7. The highest BCUT2D eigenvalue weighted by Crippen LogP contribution is 2.46. The van der Waals surface area contributed by atoms with E-state index in [-0.39, 0.29) is 11.7 Å². The highest BCUT2D eigenvalue weighted by molar-refractivity contribution is 7.85. The summed E-state index contributed by atoms with van der Waals surface area (Å²) in [5.74, 6) is -1.02. The van der Waals surface area contributed by atoms with Crippen LogP contribution in [0.3, 0.4) is 0 Å². The number of hydrogen-bond acceptors (Lipinski definition) is 6. The van der Waals surface area contributed by atoms with E-state index >= 15 is 0 Å². The Labute approximate surface area is 180 Å². The zero-order valence-electron chi connectivity index (χ0n) is 16.5. The predicted molar refractivity (Wildman–Crippen MR) is 112 cm³/mol. The zero-order chi connectivity index (χ0) is 22.1. The molecular weight excluding hydrogens is 421 g/mol. The van der Waals surface area contributed by atoms with Gasteiger partial charge >= 0.3 is 0 Å². The monoisotopic (exact) mass is 443 g/mol. The van der Waals surface area contributed by atoms with Gasteiger partial charge in [-0.15, -0.1) is 0 Å². The van der Waals surface area contributed by atoms with Crippen LogP contribution in [0.25, 0.3) is 0 Å². The molecule has 1 atom stereocenters. The van der Waals surface area contributed by atoms with Crippen LogP contribution in [-0.2, 0) is 15.7 Å². The Morgan fingerprint density at radius 1 is 1.03 bits per heavy atom. The molecule has 1 aromatic carbocycles. The Balaban J connectivity index is 1.81. The number of halogens is 1. The molecule has 0 spiro atoms. The number of hydrogen-bond donors (Lipinski definition) is 2. The topological polar surface area (TPSA) is 104 Å². The van der Waals surface area contributed by atoms with E-state index in [9.17, 15) is 22.5 Å². The minimum atomic E-state index is -4.10. The summed E-state index contributed by atoms with van der Waals surface area (Å²) < 4.78 is 45.4. The number of aromatic nitrogens is 2. The fourth-order valence-electron chi connectivity index (χ4n) is 4.24. The van der Waals surface area contributed by atoms with Crippen molar-refractivity contribution in [3.05, 3.63) is 95.8 Å². The van der Waals surface area contributed by atoms with Gasteiger partial charge in [0.15, 0.2) is 0 Å². The van der Waals surface area contributed by atoms with Crippen molar-refractivity contribution in [2.24, 2.45) is 5.92 Å². The average molecular weight is 444 g/mol. The largest absolute Gasteiger partial charge is 0.378 e. The second-order valence-corrected chi connectivity index (χ2v) is 9.27. The first-order valence-electron chi connectivity index (χ1n) is 9.75. The molecule has 1 aliphatic heterocycles. The molecule has 0 saturated carbocycles. The molecule has 1 unspecified atom stereocenters. The van der Waals surface area contributed by atoms with E-state index in [0.717, 1.165) is 0 Å². The summed E-state index contributed by atoms with van der Waals surface area (Å²) >= 11 is 0. The van der Waals surface area contributed by atoms with E-state index in [4.69, 9.17) is 0 Å². The third-order valence-corrected chi connectivity index (χ3v) is 6.47. The lowest BCUT2D eigenvalue weighted by molar-refractivity contribution is -0.0638. The second kappa shape index (κ2) is 8.43. The molecule has 1 aliphatic rings. The maximum absolute atomic E-state index is 13.6. The van der Waals surface area contributed by atoms with E-state index in [1.165, 1.54) is 12.1 Å². The zero-order valence-corrected chi connectivity index (χ0v) is 17.4. The van der Waals surface area contributed by atoms with E-state index in [1.54, 1.807) is 61.2 Å². The molecule has 0 amide bonds. The molecule has 162 valence electrons. The van der Waals surface area contributed by atoms with Crippen LogP contribution in [0.15, 0.2) is 73.3 Å². The van der Waals surface area contributed by atoms with Crippen LogP contribution in [-0.4, -0.2) is 51.8 Å². The van der Waals surface area contributed by atoms with Crippen LogP contribution in [0.4, 0.5) is 4.39 Å². The number of aliphatic hydroxyl groups is 1. The fourth-order valence-corrected chi connectivity index (χ4v) is 5.05. The third-order valence-electron chi connectivity index (χ3n) is 5.58. The summed E-state index contributed by atoms with van der Waals surface area (Å²) in [5, 5.41) is 12.2. The lowest BCUT2D eigenvalue weighted by Gasteiger charge is -2.50. The van der Waals surface area contributed by atoms with Crippen molar-refractivity contribution in [3.8, 4) is 0 Å². The predicted octanol–water partition coefficient (Wildman–Crippen LogP) is 2.41. The molecule has 3 aromatic rings.